The van der Waals surface area contributed by atoms with E-state index in [1.54, 1.807) is 0 Å². The average molecular weight is 726 g/mol. The SMILES string of the molecule is c1ccc(-c2ccccc2-c2c(-c3ccccc3)cccc2-c2cccc(N(c3cccc(-c4cccc5ccccc45)c3)c3ccc4ccccc4c3)c2)cc1. The maximum absolute atomic E-state index is 2.41. The normalized spacial score (nSPS) is 11.2. The van der Waals surface area contributed by atoms with E-state index in [2.05, 4.69) is 241 Å². The number of nitrogens with zero attached hydrogens (tertiary/aromatic N) is 1. The third-order valence-electron chi connectivity index (χ3n) is 11.0. The molecule has 1 heteroatoms. The Balaban J connectivity index is 1.18. The van der Waals surface area contributed by atoms with Crippen molar-refractivity contribution in [2.45, 2.75) is 0 Å². The summed E-state index contributed by atoms with van der Waals surface area (Å²) in [6, 6.07) is 85.8. The molecule has 0 unspecified atom stereocenters. The molecule has 0 aliphatic rings. The first-order chi connectivity index (χ1) is 28.3. The Labute approximate surface area is 334 Å². The third kappa shape index (κ3) is 6.56. The molecule has 0 spiro atoms. The smallest absolute Gasteiger partial charge is 0.0468 e. The second kappa shape index (κ2) is 15.0. The number of rotatable bonds is 8. The van der Waals surface area contributed by atoms with Gasteiger partial charge in [0.05, 0.1) is 0 Å². The van der Waals surface area contributed by atoms with Gasteiger partial charge in [0.2, 0.25) is 0 Å². The lowest BCUT2D eigenvalue weighted by Crippen LogP contribution is -2.10. The molecule has 57 heavy (non-hydrogen) atoms. The highest BCUT2D eigenvalue weighted by atomic mass is 15.1. The van der Waals surface area contributed by atoms with Crippen molar-refractivity contribution >= 4 is 38.6 Å². The maximum atomic E-state index is 2.41. The highest BCUT2D eigenvalue weighted by molar-refractivity contribution is 6.01. The van der Waals surface area contributed by atoms with E-state index in [1.165, 1.54) is 71.6 Å². The molecular weight excluding hydrogens is 687 g/mol. The molecule has 0 atom stereocenters. The Kier molecular flexibility index (Phi) is 8.95. The lowest BCUT2D eigenvalue weighted by Gasteiger charge is -2.27. The van der Waals surface area contributed by atoms with Gasteiger partial charge in [-0.25, -0.2) is 0 Å². The zero-order chi connectivity index (χ0) is 38.0. The van der Waals surface area contributed by atoms with E-state index in [0.29, 0.717) is 0 Å². The zero-order valence-corrected chi connectivity index (χ0v) is 31.5. The second-order valence-corrected chi connectivity index (χ2v) is 14.5. The van der Waals surface area contributed by atoms with Crippen LogP contribution in [0.15, 0.2) is 237 Å². The van der Waals surface area contributed by atoms with Crippen LogP contribution in [0, 0.1) is 0 Å². The van der Waals surface area contributed by atoms with Crippen LogP contribution < -0.4 is 4.90 Å². The van der Waals surface area contributed by atoms with Crippen molar-refractivity contribution in [1.29, 1.82) is 0 Å². The molecular formula is C56H39N. The largest absolute Gasteiger partial charge is 0.310 e. The van der Waals surface area contributed by atoms with Crippen LogP contribution in [0.25, 0.3) is 77.2 Å². The van der Waals surface area contributed by atoms with E-state index in [1.807, 2.05) is 0 Å². The van der Waals surface area contributed by atoms with E-state index in [-0.39, 0.29) is 0 Å². The van der Waals surface area contributed by atoms with Crippen molar-refractivity contribution in [2.24, 2.45) is 0 Å². The quantitative estimate of drug-likeness (QED) is 0.151. The van der Waals surface area contributed by atoms with Crippen LogP contribution in [0.1, 0.15) is 0 Å². The number of fused-ring (bicyclic) bond motifs is 2. The van der Waals surface area contributed by atoms with Gasteiger partial charge in [-0.05, 0) is 114 Å². The Morgan fingerprint density at radius 1 is 0.228 bits per heavy atom. The summed E-state index contributed by atoms with van der Waals surface area (Å²) in [6.45, 7) is 0. The first-order valence-electron chi connectivity index (χ1n) is 19.6. The molecule has 0 saturated heterocycles. The van der Waals surface area contributed by atoms with E-state index in [4.69, 9.17) is 0 Å². The first kappa shape index (κ1) is 34.0. The van der Waals surface area contributed by atoms with Gasteiger partial charge in [-0.15, -0.1) is 0 Å². The van der Waals surface area contributed by atoms with Crippen LogP contribution in [0.5, 0.6) is 0 Å². The summed E-state index contributed by atoms with van der Waals surface area (Å²) < 4.78 is 0. The van der Waals surface area contributed by atoms with Crippen molar-refractivity contribution in [2.75, 3.05) is 4.90 Å². The minimum atomic E-state index is 1.09. The fraction of sp³-hybridized carbons (Fsp3) is 0. The Morgan fingerprint density at radius 3 is 1.39 bits per heavy atom. The summed E-state index contributed by atoms with van der Waals surface area (Å²) >= 11 is 0. The van der Waals surface area contributed by atoms with Gasteiger partial charge in [0.1, 0.15) is 0 Å². The molecule has 0 N–H and O–H groups in total. The lowest BCUT2D eigenvalue weighted by atomic mass is 9.84. The Morgan fingerprint density at radius 2 is 0.667 bits per heavy atom. The first-order valence-corrected chi connectivity index (χ1v) is 19.6. The van der Waals surface area contributed by atoms with Gasteiger partial charge in [0, 0.05) is 17.1 Å². The average Bonchev–Trinajstić information content (AvgIpc) is 3.29. The molecule has 0 radical (unpaired) electrons. The predicted octanol–water partition coefficient (Wildman–Crippen LogP) is 15.8. The van der Waals surface area contributed by atoms with Crippen LogP contribution >= 0.6 is 0 Å². The topological polar surface area (TPSA) is 3.24 Å². The molecule has 0 aromatic heterocycles. The fourth-order valence-corrected chi connectivity index (χ4v) is 8.38. The van der Waals surface area contributed by atoms with Gasteiger partial charge in [-0.1, -0.05) is 200 Å². The molecule has 1 nitrogen and oxygen atoms in total. The van der Waals surface area contributed by atoms with E-state index < -0.39 is 0 Å². The van der Waals surface area contributed by atoms with E-state index >= 15 is 0 Å². The lowest BCUT2D eigenvalue weighted by molar-refractivity contribution is 1.29. The van der Waals surface area contributed by atoms with Gasteiger partial charge in [0.15, 0.2) is 0 Å². The van der Waals surface area contributed by atoms with Crippen molar-refractivity contribution in [1.82, 2.24) is 0 Å². The molecule has 10 aromatic carbocycles. The fourth-order valence-electron chi connectivity index (χ4n) is 8.38. The summed E-state index contributed by atoms with van der Waals surface area (Å²) in [7, 11) is 0. The molecule has 0 aliphatic carbocycles. The van der Waals surface area contributed by atoms with Crippen molar-refractivity contribution in [3.05, 3.63) is 237 Å². The molecule has 0 aliphatic heterocycles. The zero-order valence-electron chi connectivity index (χ0n) is 31.5. The number of benzene rings is 10. The van der Waals surface area contributed by atoms with E-state index in [0.717, 1.165) is 22.6 Å². The van der Waals surface area contributed by atoms with Crippen LogP contribution in [0.4, 0.5) is 17.1 Å². The van der Waals surface area contributed by atoms with Gasteiger partial charge < -0.3 is 4.90 Å². The highest BCUT2D eigenvalue weighted by Gasteiger charge is 2.20. The van der Waals surface area contributed by atoms with Gasteiger partial charge >= 0.3 is 0 Å². The number of anilines is 3. The minimum Gasteiger partial charge on any atom is -0.310 e. The standard InChI is InChI=1S/C56H39N/c1-3-18-41(19-4-1)51-30-11-12-31-55(51)56-53(43-20-5-2-6-21-43)33-16-34-54(56)46-26-14-28-48(39-46)57(49-36-35-40-17-7-8-23-44(40)37-49)47-27-13-25-45(38-47)52-32-15-24-42-22-9-10-29-50(42)52/h1-39H. The summed E-state index contributed by atoms with van der Waals surface area (Å²) in [6.07, 6.45) is 0. The summed E-state index contributed by atoms with van der Waals surface area (Å²) in [4.78, 5) is 2.41. The molecule has 0 amide bonds. The van der Waals surface area contributed by atoms with Crippen LogP contribution in [-0.2, 0) is 0 Å². The molecule has 0 heterocycles. The maximum Gasteiger partial charge on any atom is 0.0468 e. The highest BCUT2D eigenvalue weighted by Crippen LogP contribution is 2.46. The van der Waals surface area contributed by atoms with Crippen molar-refractivity contribution in [3.63, 3.8) is 0 Å². The molecule has 10 rings (SSSR count). The predicted molar refractivity (Wildman–Crippen MR) is 243 cm³/mol. The van der Waals surface area contributed by atoms with Gasteiger partial charge in [-0.2, -0.15) is 0 Å². The minimum absolute atomic E-state index is 1.09. The monoisotopic (exact) mass is 725 g/mol. The van der Waals surface area contributed by atoms with Crippen LogP contribution in [0.3, 0.4) is 0 Å². The molecule has 268 valence electrons. The molecule has 0 saturated carbocycles. The molecule has 0 fully saturated rings. The van der Waals surface area contributed by atoms with Crippen LogP contribution in [0.2, 0.25) is 0 Å². The van der Waals surface area contributed by atoms with Crippen LogP contribution in [-0.4, -0.2) is 0 Å². The van der Waals surface area contributed by atoms with Crippen molar-refractivity contribution in [3.8, 4) is 55.6 Å². The van der Waals surface area contributed by atoms with Crippen molar-refractivity contribution < 1.29 is 0 Å². The summed E-state index contributed by atoms with van der Waals surface area (Å²) in [5.41, 5.74) is 15.3. The number of hydrogen-bond donors (Lipinski definition) is 0. The molecule has 10 aromatic rings. The van der Waals surface area contributed by atoms with E-state index in [9.17, 15) is 0 Å². The second-order valence-electron chi connectivity index (χ2n) is 14.5. The van der Waals surface area contributed by atoms with Gasteiger partial charge in [0.25, 0.3) is 0 Å². The summed E-state index contributed by atoms with van der Waals surface area (Å²) in [5, 5.41) is 4.91. The summed E-state index contributed by atoms with van der Waals surface area (Å²) in [5.74, 6) is 0. The van der Waals surface area contributed by atoms with Gasteiger partial charge in [-0.3, -0.25) is 0 Å². The number of hydrogen-bond acceptors (Lipinski definition) is 1. The molecule has 0 bridgehead atoms. The third-order valence-corrected chi connectivity index (χ3v) is 11.0. The Bertz CT molecular complexity index is 3010. The Hall–Kier alpha value is -7.48.